The Bertz CT molecular complexity index is 741. The molecular formula is C23H37N3O6. The molecule has 2 N–H and O–H groups in total. The van der Waals surface area contributed by atoms with Crippen LogP contribution in [0.15, 0.2) is 0 Å². The fourth-order valence-electron chi connectivity index (χ4n) is 5.25. The van der Waals surface area contributed by atoms with E-state index in [0.29, 0.717) is 25.9 Å². The SMILES string of the molecule is COC(=O)[C@H](C[C@@H]1CCNC1=O)NC(=O)C1CC2(CCCCC2)CN1C(=O)OC(C)(C)C. The van der Waals surface area contributed by atoms with Gasteiger partial charge in [0.1, 0.15) is 17.7 Å². The molecule has 3 aliphatic rings. The average Bonchev–Trinajstić information content (AvgIpc) is 3.30. The van der Waals surface area contributed by atoms with Crippen molar-refractivity contribution in [2.24, 2.45) is 11.3 Å². The molecule has 1 aliphatic carbocycles. The molecule has 3 atom stereocenters. The summed E-state index contributed by atoms with van der Waals surface area (Å²) in [7, 11) is 1.26. The maximum Gasteiger partial charge on any atom is 0.410 e. The minimum absolute atomic E-state index is 0.0940. The number of rotatable bonds is 5. The van der Waals surface area contributed by atoms with E-state index in [9.17, 15) is 19.2 Å². The van der Waals surface area contributed by atoms with Gasteiger partial charge in [0.15, 0.2) is 0 Å². The van der Waals surface area contributed by atoms with E-state index < -0.39 is 35.7 Å². The highest BCUT2D eigenvalue weighted by Crippen LogP contribution is 2.46. The lowest BCUT2D eigenvalue weighted by Crippen LogP contribution is -2.52. The molecule has 3 rings (SSSR count). The second-order valence-electron chi connectivity index (χ2n) is 10.5. The smallest absolute Gasteiger partial charge is 0.410 e. The van der Waals surface area contributed by atoms with Crippen molar-refractivity contribution in [2.45, 2.75) is 89.8 Å². The fourth-order valence-corrected chi connectivity index (χ4v) is 5.25. The Morgan fingerprint density at radius 1 is 1.22 bits per heavy atom. The van der Waals surface area contributed by atoms with E-state index in [-0.39, 0.29) is 23.7 Å². The summed E-state index contributed by atoms with van der Waals surface area (Å²) in [6.45, 7) is 6.43. The quantitative estimate of drug-likeness (QED) is 0.619. The summed E-state index contributed by atoms with van der Waals surface area (Å²) in [5.41, 5.74) is -0.770. The third-order valence-corrected chi connectivity index (χ3v) is 6.84. The van der Waals surface area contributed by atoms with Gasteiger partial charge in [-0.2, -0.15) is 0 Å². The molecular weight excluding hydrogens is 414 g/mol. The molecule has 1 unspecified atom stereocenters. The van der Waals surface area contributed by atoms with Crippen molar-refractivity contribution in [3.05, 3.63) is 0 Å². The largest absolute Gasteiger partial charge is 0.467 e. The lowest BCUT2D eigenvalue weighted by atomic mass is 9.72. The van der Waals surface area contributed by atoms with Crippen LogP contribution in [0.5, 0.6) is 0 Å². The number of ether oxygens (including phenoxy) is 2. The molecule has 9 nitrogen and oxygen atoms in total. The van der Waals surface area contributed by atoms with Gasteiger partial charge >= 0.3 is 12.1 Å². The van der Waals surface area contributed by atoms with Gasteiger partial charge in [0.2, 0.25) is 11.8 Å². The summed E-state index contributed by atoms with van der Waals surface area (Å²) in [6.07, 6.45) is 6.10. The Labute approximate surface area is 189 Å². The first-order chi connectivity index (χ1) is 15.0. The van der Waals surface area contributed by atoms with Crippen molar-refractivity contribution in [1.29, 1.82) is 0 Å². The maximum absolute atomic E-state index is 13.4. The van der Waals surface area contributed by atoms with Gasteiger partial charge in [-0.15, -0.1) is 0 Å². The van der Waals surface area contributed by atoms with E-state index in [1.54, 1.807) is 20.8 Å². The first kappa shape index (κ1) is 24.3. The summed E-state index contributed by atoms with van der Waals surface area (Å²) in [4.78, 5) is 52.3. The second kappa shape index (κ2) is 9.67. The molecule has 0 bridgehead atoms. The molecule has 2 saturated heterocycles. The van der Waals surface area contributed by atoms with E-state index >= 15 is 0 Å². The maximum atomic E-state index is 13.4. The highest BCUT2D eigenvalue weighted by molar-refractivity contribution is 5.91. The number of amides is 3. The zero-order chi connectivity index (χ0) is 23.5. The number of carbonyl (C=O) groups excluding carboxylic acids is 4. The normalized spacial score (nSPS) is 25.9. The minimum atomic E-state index is -0.940. The number of carbonyl (C=O) groups is 4. The van der Waals surface area contributed by atoms with Gasteiger partial charge in [0, 0.05) is 19.0 Å². The number of hydrogen-bond acceptors (Lipinski definition) is 6. The molecule has 3 amide bonds. The van der Waals surface area contributed by atoms with Crippen molar-refractivity contribution >= 4 is 23.9 Å². The molecule has 1 spiro atoms. The molecule has 2 aliphatic heterocycles. The van der Waals surface area contributed by atoms with Crippen LogP contribution in [0.3, 0.4) is 0 Å². The van der Waals surface area contributed by atoms with Crippen molar-refractivity contribution in [1.82, 2.24) is 15.5 Å². The summed E-state index contributed by atoms with van der Waals surface area (Å²) in [6, 6.07) is -1.66. The third kappa shape index (κ3) is 5.72. The van der Waals surface area contributed by atoms with Crippen LogP contribution in [-0.4, -0.2) is 66.7 Å². The summed E-state index contributed by atoms with van der Waals surface area (Å²) in [5, 5.41) is 5.53. The molecule has 3 fully saturated rings. The topological polar surface area (TPSA) is 114 Å². The van der Waals surface area contributed by atoms with Crippen LogP contribution in [0.25, 0.3) is 0 Å². The van der Waals surface area contributed by atoms with E-state index in [0.717, 1.165) is 25.7 Å². The van der Waals surface area contributed by atoms with Gasteiger partial charge in [-0.3, -0.25) is 14.5 Å². The highest BCUT2D eigenvalue weighted by atomic mass is 16.6. The van der Waals surface area contributed by atoms with Crippen LogP contribution >= 0.6 is 0 Å². The van der Waals surface area contributed by atoms with Crippen LogP contribution in [0.2, 0.25) is 0 Å². The summed E-state index contributed by atoms with van der Waals surface area (Å²) >= 11 is 0. The van der Waals surface area contributed by atoms with Crippen LogP contribution in [0.1, 0.15) is 72.1 Å². The van der Waals surface area contributed by atoms with Crippen molar-refractivity contribution in [3.8, 4) is 0 Å². The van der Waals surface area contributed by atoms with Crippen molar-refractivity contribution < 1.29 is 28.7 Å². The summed E-state index contributed by atoms with van der Waals surface area (Å²) < 4.78 is 10.5. The zero-order valence-electron chi connectivity index (χ0n) is 19.7. The van der Waals surface area contributed by atoms with E-state index in [4.69, 9.17) is 9.47 Å². The molecule has 1 saturated carbocycles. The standard InChI is InChI=1S/C23H37N3O6/c1-22(2,3)32-21(30)26-14-23(9-6-5-7-10-23)13-17(26)19(28)25-16(20(29)31-4)12-15-8-11-24-18(15)27/h15-17H,5-14H2,1-4H3,(H,24,27)(H,25,28)/t15-,16-,17?/m0/s1. The predicted octanol–water partition coefficient (Wildman–Crippen LogP) is 2.13. The van der Waals surface area contributed by atoms with Crippen LogP contribution in [0.4, 0.5) is 4.79 Å². The molecule has 32 heavy (non-hydrogen) atoms. The van der Waals surface area contributed by atoms with Crippen LogP contribution in [-0.2, 0) is 23.9 Å². The first-order valence-corrected chi connectivity index (χ1v) is 11.7. The number of likely N-dealkylation sites (tertiary alicyclic amines) is 1. The molecule has 180 valence electrons. The Morgan fingerprint density at radius 2 is 1.91 bits per heavy atom. The van der Waals surface area contributed by atoms with Gasteiger partial charge in [0.05, 0.1) is 7.11 Å². The average molecular weight is 452 g/mol. The van der Waals surface area contributed by atoms with Gasteiger partial charge in [-0.25, -0.2) is 9.59 Å². The number of nitrogens with one attached hydrogen (secondary N) is 2. The Kier molecular flexibility index (Phi) is 7.35. The van der Waals surface area contributed by atoms with E-state index in [1.165, 1.54) is 18.4 Å². The van der Waals surface area contributed by atoms with Crippen molar-refractivity contribution in [2.75, 3.05) is 20.2 Å². The first-order valence-electron chi connectivity index (χ1n) is 11.7. The van der Waals surface area contributed by atoms with Crippen LogP contribution < -0.4 is 10.6 Å². The Hall–Kier alpha value is -2.32. The van der Waals surface area contributed by atoms with E-state index in [2.05, 4.69) is 10.6 Å². The molecule has 9 heteroatoms. The minimum Gasteiger partial charge on any atom is -0.467 e. The Morgan fingerprint density at radius 3 is 2.47 bits per heavy atom. The lowest BCUT2D eigenvalue weighted by molar-refractivity contribution is -0.146. The molecule has 0 aromatic heterocycles. The second-order valence-corrected chi connectivity index (χ2v) is 10.5. The lowest BCUT2D eigenvalue weighted by Gasteiger charge is -2.33. The molecule has 0 aromatic rings. The zero-order valence-corrected chi connectivity index (χ0v) is 19.7. The summed E-state index contributed by atoms with van der Waals surface area (Å²) in [5.74, 6) is -1.46. The highest BCUT2D eigenvalue weighted by Gasteiger charge is 2.50. The number of hydrogen-bond donors (Lipinski definition) is 2. The third-order valence-electron chi connectivity index (χ3n) is 6.84. The monoisotopic (exact) mass is 451 g/mol. The van der Waals surface area contributed by atoms with Gasteiger partial charge in [-0.1, -0.05) is 19.3 Å². The molecule has 0 radical (unpaired) electrons. The van der Waals surface area contributed by atoms with Gasteiger partial charge in [-0.05, 0) is 58.3 Å². The van der Waals surface area contributed by atoms with Crippen molar-refractivity contribution in [3.63, 3.8) is 0 Å². The number of esters is 1. The van der Waals surface area contributed by atoms with Crippen LogP contribution in [0, 0.1) is 11.3 Å². The Balaban J connectivity index is 1.76. The fraction of sp³-hybridized carbons (Fsp3) is 0.826. The number of nitrogens with zero attached hydrogens (tertiary/aromatic N) is 1. The molecule has 2 heterocycles. The predicted molar refractivity (Wildman–Crippen MR) is 117 cm³/mol. The van der Waals surface area contributed by atoms with E-state index in [1.807, 2.05) is 0 Å². The molecule has 0 aromatic carbocycles. The number of methoxy groups -OCH3 is 1. The van der Waals surface area contributed by atoms with Gasteiger partial charge in [0.25, 0.3) is 0 Å². The van der Waals surface area contributed by atoms with Gasteiger partial charge < -0.3 is 20.1 Å².